The lowest BCUT2D eigenvalue weighted by Crippen LogP contribution is -2.36. The number of amides is 1. The molecular formula is C20H21BrClNO3. The van der Waals surface area contributed by atoms with Crippen LogP contribution in [0.5, 0.6) is 11.5 Å². The van der Waals surface area contributed by atoms with E-state index < -0.39 is 0 Å². The van der Waals surface area contributed by atoms with Crippen LogP contribution in [0.25, 0.3) is 0 Å². The van der Waals surface area contributed by atoms with E-state index in [4.69, 9.17) is 21.1 Å². The molecule has 0 saturated carbocycles. The summed E-state index contributed by atoms with van der Waals surface area (Å²) < 4.78 is 11.4. The van der Waals surface area contributed by atoms with E-state index in [1.54, 1.807) is 26.4 Å². The van der Waals surface area contributed by atoms with Crippen LogP contribution >= 0.6 is 27.5 Å². The molecule has 1 aliphatic heterocycles. The Morgan fingerprint density at radius 1 is 1.23 bits per heavy atom. The number of hydrogen-bond donors (Lipinski definition) is 0. The van der Waals surface area contributed by atoms with Crippen LogP contribution in [0.15, 0.2) is 40.9 Å². The van der Waals surface area contributed by atoms with Crippen molar-refractivity contribution in [3.8, 4) is 11.5 Å². The van der Waals surface area contributed by atoms with E-state index in [9.17, 15) is 4.79 Å². The fourth-order valence-corrected chi connectivity index (χ4v) is 4.16. The Balaban J connectivity index is 1.86. The van der Waals surface area contributed by atoms with E-state index in [-0.39, 0.29) is 11.9 Å². The van der Waals surface area contributed by atoms with Gasteiger partial charge in [0.05, 0.1) is 14.2 Å². The van der Waals surface area contributed by atoms with Gasteiger partial charge in [-0.25, -0.2) is 0 Å². The van der Waals surface area contributed by atoms with E-state index >= 15 is 0 Å². The third-order valence-electron chi connectivity index (χ3n) is 4.74. The maximum Gasteiger partial charge on any atom is 0.254 e. The summed E-state index contributed by atoms with van der Waals surface area (Å²) in [5, 5.41) is 0.749. The molecule has 2 aromatic carbocycles. The minimum Gasteiger partial charge on any atom is -0.495 e. The van der Waals surface area contributed by atoms with Gasteiger partial charge < -0.3 is 14.4 Å². The molecule has 4 nitrogen and oxygen atoms in total. The standard InChI is InChI=1S/C20H21BrClNO3/c1-25-17-11-14(12-18(26-2)19(17)21)20(24)23-9-5-7-15(23)10-13-6-3-4-8-16(13)22/h3-4,6,8,11-12,15H,5,7,9-10H2,1-2H3. The molecule has 1 saturated heterocycles. The number of benzene rings is 2. The molecule has 0 spiro atoms. The molecule has 26 heavy (non-hydrogen) atoms. The van der Waals surface area contributed by atoms with E-state index in [0.29, 0.717) is 21.5 Å². The maximum absolute atomic E-state index is 13.1. The quantitative estimate of drug-likeness (QED) is 0.662. The van der Waals surface area contributed by atoms with Gasteiger partial charge in [0, 0.05) is 23.2 Å². The molecule has 0 N–H and O–H groups in total. The van der Waals surface area contributed by atoms with Crippen molar-refractivity contribution in [2.24, 2.45) is 0 Å². The Hall–Kier alpha value is -1.72. The second-order valence-corrected chi connectivity index (χ2v) is 7.49. The van der Waals surface area contributed by atoms with Crippen molar-refractivity contribution in [1.29, 1.82) is 0 Å². The molecule has 2 aromatic rings. The van der Waals surface area contributed by atoms with Crippen LogP contribution in [-0.4, -0.2) is 37.6 Å². The Morgan fingerprint density at radius 3 is 2.50 bits per heavy atom. The highest BCUT2D eigenvalue weighted by atomic mass is 79.9. The molecule has 0 bridgehead atoms. The summed E-state index contributed by atoms with van der Waals surface area (Å²) in [6.07, 6.45) is 2.73. The van der Waals surface area contributed by atoms with Crippen molar-refractivity contribution in [1.82, 2.24) is 4.90 Å². The van der Waals surface area contributed by atoms with Crippen LogP contribution in [0.4, 0.5) is 0 Å². The zero-order valence-corrected chi connectivity index (χ0v) is 17.1. The van der Waals surface area contributed by atoms with E-state index in [2.05, 4.69) is 15.9 Å². The summed E-state index contributed by atoms with van der Waals surface area (Å²) in [4.78, 5) is 15.1. The third kappa shape index (κ3) is 3.84. The molecule has 138 valence electrons. The minimum absolute atomic E-state index is 0.0105. The van der Waals surface area contributed by atoms with Gasteiger partial charge in [0.1, 0.15) is 16.0 Å². The number of halogens is 2. The Bertz CT molecular complexity index is 786. The third-order valence-corrected chi connectivity index (χ3v) is 5.89. The molecule has 1 atom stereocenters. The number of carbonyl (C=O) groups excluding carboxylic acids is 1. The number of rotatable bonds is 5. The Morgan fingerprint density at radius 2 is 1.88 bits per heavy atom. The Kier molecular flexibility index (Phi) is 6.09. The van der Waals surface area contributed by atoms with Crippen LogP contribution in [0.2, 0.25) is 5.02 Å². The number of carbonyl (C=O) groups is 1. The second kappa shape index (κ2) is 8.31. The monoisotopic (exact) mass is 437 g/mol. The van der Waals surface area contributed by atoms with Gasteiger partial charge in [-0.15, -0.1) is 0 Å². The molecule has 1 amide bonds. The van der Waals surface area contributed by atoms with Crippen molar-refractivity contribution >= 4 is 33.4 Å². The zero-order valence-electron chi connectivity index (χ0n) is 14.8. The summed E-state index contributed by atoms with van der Waals surface area (Å²) in [6.45, 7) is 0.745. The molecule has 1 fully saturated rings. The number of ether oxygens (including phenoxy) is 2. The molecule has 1 unspecified atom stereocenters. The first-order chi connectivity index (χ1) is 12.5. The van der Waals surface area contributed by atoms with Crippen molar-refractivity contribution in [2.75, 3.05) is 20.8 Å². The number of methoxy groups -OCH3 is 2. The SMILES string of the molecule is COc1cc(C(=O)N2CCCC2Cc2ccccc2Cl)cc(OC)c1Br. The average Bonchev–Trinajstić information content (AvgIpc) is 3.11. The van der Waals surface area contributed by atoms with Crippen LogP contribution in [-0.2, 0) is 6.42 Å². The zero-order chi connectivity index (χ0) is 18.7. The van der Waals surface area contributed by atoms with Gasteiger partial charge in [-0.3, -0.25) is 4.79 Å². The molecular weight excluding hydrogens is 418 g/mol. The molecule has 6 heteroatoms. The van der Waals surface area contributed by atoms with E-state index in [0.717, 1.165) is 36.4 Å². The largest absolute Gasteiger partial charge is 0.495 e. The van der Waals surface area contributed by atoms with Crippen LogP contribution in [0.1, 0.15) is 28.8 Å². The van der Waals surface area contributed by atoms with Gasteiger partial charge >= 0.3 is 0 Å². The Labute approximate surface area is 167 Å². The summed E-state index contributed by atoms with van der Waals surface area (Å²) >= 11 is 9.74. The molecule has 3 rings (SSSR count). The first-order valence-corrected chi connectivity index (χ1v) is 9.68. The maximum atomic E-state index is 13.1. The lowest BCUT2D eigenvalue weighted by molar-refractivity contribution is 0.0735. The minimum atomic E-state index is -0.0105. The molecule has 0 radical (unpaired) electrons. The molecule has 1 heterocycles. The normalized spacial score (nSPS) is 16.6. The van der Waals surface area contributed by atoms with Gasteiger partial charge in [0.2, 0.25) is 0 Å². The van der Waals surface area contributed by atoms with Gasteiger partial charge in [-0.1, -0.05) is 29.8 Å². The smallest absolute Gasteiger partial charge is 0.254 e. The lowest BCUT2D eigenvalue weighted by Gasteiger charge is -2.26. The fraction of sp³-hybridized carbons (Fsp3) is 0.350. The summed E-state index contributed by atoms with van der Waals surface area (Å²) in [5.74, 6) is 1.15. The highest BCUT2D eigenvalue weighted by Crippen LogP contribution is 2.36. The van der Waals surface area contributed by atoms with Gasteiger partial charge in [-0.05, 0) is 59.0 Å². The lowest BCUT2D eigenvalue weighted by atomic mass is 10.0. The molecule has 0 aliphatic carbocycles. The second-order valence-electron chi connectivity index (χ2n) is 6.28. The van der Waals surface area contributed by atoms with Crippen molar-refractivity contribution in [3.05, 3.63) is 57.0 Å². The molecule has 0 aromatic heterocycles. The van der Waals surface area contributed by atoms with Gasteiger partial charge in [-0.2, -0.15) is 0 Å². The summed E-state index contributed by atoms with van der Waals surface area (Å²) in [6, 6.07) is 11.5. The first kappa shape index (κ1) is 19.1. The first-order valence-electron chi connectivity index (χ1n) is 8.51. The van der Waals surface area contributed by atoms with E-state index in [1.807, 2.05) is 29.2 Å². The van der Waals surface area contributed by atoms with Gasteiger partial charge in [0.25, 0.3) is 5.91 Å². The number of likely N-dealkylation sites (tertiary alicyclic amines) is 1. The number of hydrogen-bond acceptors (Lipinski definition) is 3. The van der Waals surface area contributed by atoms with Crippen LogP contribution in [0, 0.1) is 0 Å². The highest BCUT2D eigenvalue weighted by molar-refractivity contribution is 9.10. The average molecular weight is 439 g/mol. The van der Waals surface area contributed by atoms with Crippen LogP contribution < -0.4 is 9.47 Å². The van der Waals surface area contributed by atoms with Crippen molar-refractivity contribution < 1.29 is 14.3 Å². The van der Waals surface area contributed by atoms with Gasteiger partial charge in [0.15, 0.2) is 0 Å². The van der Waals surface area contributed by atoms with E-state index in [1.165, 1.54) is 0 Å². The summed E-state index contributed by atoms with van der Waals surface area (Å²) in [5.41, 5.74) is 1.64. The predicted octanol–water partition coefficient (Wildman–Crippen LogP) is 4.97. The number of nitrogens with zero attached hydrogens (tertiary/aromatic N) is 1. The predicted molar refractivity (Wildman–Crippen MR) is 106 cm³/mol. The van der Waals surface area contributed by atoms with Crippen molar-refractivity contribution in [2.45, 2.75) is 25.3 Å². The fourth-order valence-electron chi connectivity index (χ4n) is 3.39. The van der Waals surface area contributed by atoms with Crippen molar-refractivity contribution in [3.63, 3.8) is 0 Å². The van der Waals surface area contributed by atoms with Crippen LogP contribution in [0.3, 0.4) is 0 Å². The highest BCUT2D eigenvalue weighted by Gasteiger charge is 2.30. The molecule has 1 aliphatic rings. The topological polar surface area (TPSA) is 38.8 Å². The summed E-state index contributed by atoms with van der Waals surface area (Å²) in [7, 11) is 3.15.